The van der Waals surface area contributed by atoms with Crippen LogP contribution in [0.2, 0.25) is 0 Å². The van der Waals surface area contributed by atoms with Gasteiger partial charge in [0.1, 0.15) is 18.4 Å². The smallest absolute Gasteiger partial charge is 0.330 e. The minimum absolute atomic E-state index is 0.0382. The van der Waals surface area contributed by atoms with Crippen molar-refractivity contribution in [2.75, 3.05) is 32.7 Å². The van der Waals surface area contributed by atoms with Gasteiger partial charge in [-0.3, -0.25) is 9.58 Å². The van der Waals surface area contributed by atoms with Crippen molar-refractivity contribution in [1.82, 2.24) is 29.9 Å². The third-order valence-corrected chi connectivity index (χ3v) is 4.51. The monoisotopic (exact) mass is 374 g/mol. The number of aromatic hydroxyl groups is 1. The van der Waals surface area contributed by atoms with Crippen LogP contribution in [0, 0.1) is 0 Å². The largest absolute Gasteiger partial charge is 0.508 e. The number of nitrogens with zero attached hydrogens (tertiary/aromatic N) is 5. The highest BCUT2D eigenvalue weighted by atomic mass is 16.4. The number of phenolic OH excluding ortho intramolecular Hbond substituents is 1. The summed E-state index contributed by atoms with van der Waals surface area (Å²) in [6.07, 6.45) is 3.16. The Kier molecular flexibility index (Phi) is 5.87. The molecule has 27 heavy (non-hydrogen) atoms. The third-order valence-electron chi connectivity index (χ3n) is 4.51. The summed E-state index contributed by atoms with van der Waals surface area (Å²) in [5.41, 5.74) is 0.403. The van der Waals surface area contributed by atoms with E-state index in [1.807, 2.05) is 0 Å². The molecule has 0 spiro atoms. The van der Waals surface area contributed by atoms with Gasteiger partial charge in [-0.1, -0.05) is 12.1 Å². The van der Waals surface area contributed by atoms with E-state index in [0.29, 0.717) is 31.7 Å². The average Bonchev–Trinajstić information content (AvgIpc) is 3.19. The first-order valence-electron chi connectivity index (χ1n) is 8.65. The summed E-state index contributed by atoms with van der Waals surface area (Å²) >= 11 is 0. The number of aromatic nitrogens is 3. The first kappa shape index (κ1) is 18.6. The zero-order valence-corrected chi connectivity index (χ0v) is 14.7. The molecule has 0 aliphatic carbocycles. The standard InChI is InChI=1S/C17H22N6O4/c24-14-3-1-13(2-4-14)15(16(25)26)20-17(27)22-8-5-21(6-9-22)7-10-23-12-18-11-19-23/h1-4,11-12,15,24H,5-10H2,(H,20,27)(H,25,26)/t15-/m1/s1. The summed E-state index contributed by atoms with van der Waals surface area (Å²) < 4.78 is 1.76. The van der Waals surface area contributed by atoms with E-state index in [4.69, 9.17) is 0 Å². The molecule has 1 aromatic carbocycles. The molecule has 1 saturated heterocycles. The van der Waals surface area contributed by atoms with Crippen LogP contribution >= 0.6 is 0 Å². The Bertz CT molecular complexity index is 756. The van der Waals surface area contributed by atoms with Crippen LogP contribution in [0.25, 0.3) is 0 Å². The normalized spacial score (nSPS) is 16.1. The van der Waals surface area contributed by atoms with E-state index in [-0.39, 0.29) is 5.75 Å². The van der Waals surface area contributed by atoms with Crippen molar-refractivity contribution in [1.29, 1.82) is 0 Å². The van der Waals surface area contributed by atoms with Crippen LogP contribution in [-0.4, -0.2) is 79.5 Å². The topological polar surface area (TPSA) is 124 Å². The third kappa shape index (κ3) is 4.94. The number of urea groups is 1. The maximum absolute atomic E-state index is 12.5. The van der Waals surface area contributed by atoms with E-state index in [2.05, 4.69) is 20.3 Å². The van der Waals surface area contributed by atoms with Gasteiger partial charge in [-0.05, 0) is 17.7 Å². The fourth-order valence-electron chi connectivity index (χ4n) is 2.94. The van der Waals surface area contributed by atoms with Crippen LogP contribution in [0.4, 0.5) is 4.79 Å². The number of phenols is 1. The van der Waals surface area contributed by atoms with Gasteiger partial charge in [0.15, 0.2) is 6.04 Å². The molecule has 2 amide bonds. The highest BCUT2D eigenvalue weighted by molar-refractivity contribution is 5.83. The summed E-state index contributed by atoms with van der Waals surface area (Å²) in [6.45, 7) is 3.99. The second-order valence-electron chi connectivity index (χ2n) is 6.30. The predicted octanol–water partition coefficient (Wildman–Crippen LogP) is 0.137. The molecule has 144 valence electrons. The van der Waals surface area contributed by atoms with E-state index >= 15 is 0 Å². The SMILES string of the molecule is O=C(O)[C@H](NC(=O)N1CCN(CCn2cncn2)CC1)c1ccc(O)cc1. The lowest BCUT2D eigenvalue weighted by molar-refractivity contribution is -0.139. The van der Waals surface area contributed by atoms with E-state index in [0.717, 1.165) is 13.1 Å². The number of carboxylic acids is 1. The summed E-state index contributed by atoms with van der Waals surface area (Å²) in [5.74, 6) is -1.11. The van der Waals surface area contributed by atoms with Crippen molar-refractivity contribution in [3.8, 4) is 5.75 Å². The molecule has 1 aromatic heterocycles. The van der Waals surface area contributed by atoms with Crippen molar-refractivity contribution in [3.05, 3.63) is 42.5 Å². The second kappa shape index (κ2) is 8.49. The number of aliphatic carboxylic acids is 1. The minimum atomic E-state index is -1.16. The first-order chi connectivity index (χ1) is 13.0. The quantitative estimate of drug-likeness (QED) is 0.657. The maximum Gasteiger partial charge on any atom is 0.330 e. The fraction of sp³-hybridized carbons (Fsp3) is 0.412. The minimum Gasteiger partial charge on any atom is -0.508 e. The molecule has 0 saturated carbocycles. The van der Waals surface area contributed by atoms with Crippen LogP contribution in [0.1, 0.15) is 11.6 Å². The number of hydrogen-bond donors (Lipinski definition) is 3. The lowest BCUT2D eigenvalue weighted by Gasteiger charge is -2.35. The number of carboxylic acid groups (broad SMARTS) is 1. The van der Waals surface area contributed by atoms with Crippen LogP contribution in [0.5, 0.6) is 5.75 Å². The summed E-state index contributed by atoms with van der Waals surface area (Å²) in [4.78, 5) is 31.7. The molecule has 2 aromatic rings. The number of carbonyl (C=O) groups is 2. The van der Waals surface area contributed by atoms with E-state index < -0.39 is 18.0 Å². The van der Waals surface area contributed by atoms with Gasteiger partial charge in [-0.15, -0.1) is 0 Å². The molecule has 0 unspecified atom stereocenters. The van der Waals surface area contributed by atoms with Gasteiger partial charge >= 0.3 is 12.0 Å². The lowest BCUT2D eigenvalue weighted by Crippen LogP contribution is -2.53. The van der Waals surface area contributed by atoms with Crippen LogP contribution in [-0.2, 0) is 11.3 Å². The molecule has 3 N–H and O–H groups in total. The summed E-state index contributed by atoms with van der Waals surface area (Å²) in [6, 6.07) is 4.18. The van der Waals surface area contributed by atoms with Gasteiger partial charge in [0.2, 0.25) is 0 Å². The fourth-order valence-corrected chi connectivity index (χ4v) is 2.94. The molecule has 1 aliphatic heterocycles. The van der Waals surface area contributed by atoms with Crippen molar-refractivity contribution in [2.24, 2.45) is 0 Å². The molecule has 1 fully saturated rings. The number of carbonyl (C=O) groups excluding carboxylic acids is 1. The Hall–Kier alpha value is -3.14. The number of benzene rings is 1. The van der Waals surface area contributed by atoms with Gasteiger partial charge in [0.05, 0.1) is 6.54 Å². The molecule has 10 heteroatoms. The Morgan fingerprint density at radius 1 is 1.11 bits per heavy atom. The van der Waals surface area contributed by atoms with Crippen molar-refractivity contribution >= 4 is 12.0 Å². The van der Waals surface area contributed by atoms with Gasteiger partial charge in [-0.25, -0.2) is 14.6 Å². The Labute approximate surface area is 156 Å². The van der Waals surface area contributed by atoms with Gasteiger partial charge in [0.25, 0.3) is 0 Å². The molecule has 0 bridgehead atoms. The molecule has 2 heterocycles. The number of hydrogen-bond acceptors (Lipinski definition) is 6. The number of nitrogens with one attached hydrogen (secondary N) is 1. The van der Waals surface area contributed by atoms with E-state index in [1.165, 1.54) is 30.6 Å². The van der Waals surface area contributed by atoms with Crippen molar-refractivity contribution in [3.63, 3.8) is 0 Å². The average molecular weight is 374 g/mol. The maximum atomic E-state index is 12.5. The molecule has 1 atom stereocenters. The van der Waals surface area contributed by atoms with Gasteiger partial charge in [0, 0.05) is 32.7 Å². The van der Waals surface area contributed by atoms with E-state index in [9.17, 15) is 19.8 Å². The Morgan fingerprint density at radius 3 is 2.41 bits per heavy atom. The van der Waals surface area contributed by atoms with Crippen molar-refractivity contribution < 1.29 is 19.8 Å². The molecule has 1 aliphatic rings. The number of amides is 2. The predicted molar refractivity (Wildman–Crippen MR) is 95.1 cm³/mol. The first-order valence-corrected chi connectivity index (χ1v) is 8.65. The van der Waals surface area contributed by atoms with Crippen LogP contribution in [0.15, 0.2) is 36.9 Å². The highest BCUT2D eigenvalue weighted by Crippen LogP contribution is 2.18. The Balaban J connectivity index is 1.50. The van der Waals surface area contributed by atoms with Gasteiger partial charge < -0.3 is 20.4 Å². The van der Waals surface area contributed by atoms with Crippen molar-refractivity contribution in [2.45, 2.75) is 12.6 Å². The highest BCUT2D eigenvalue weighted by Gasteiger charge is 2.27. The molecular formula is C17H22N6O4. The molecular weight excluding hydrogens is 352 g/mol. The van der Waals surface area contributed by atoms with Crippen LogP contribution < -0.4 is 5.32 Å². The number of piperazine rings is 1. The number of rotatable bonds is 6. The molecule has 10 nitrogen and oxygen atoms in total. The van der Waals surface area contributed by atoms with Gasteiger partial charge in [-0.2, -0.15) is 5.10 Å². The zero-order valence-electron chi connectivity index (χ0n) is 14.7. The van der Waals surface area contributed by atoms with E-state index in [1.54, 1.807) is 15.9 Å². The lowest BCUT2D eigenvalue weighted by atomic mass is 10.1. The molecule has 0 radical (unpaired) electrons. The zero-order chi connectivity index (χ0) is 19.2. The second-order valence-corrected chi connectivity index (χ2v) is 6.30. The summed E-state index contributed by atoms with van der Waals surface area (Å²) in [5, 5.41) is 25.4. The Morgan fingerprint density at radius 2 is 1.81 bits per heavy atom. The summed E-state index contributed by atoms with van der Waals surface area (Å²) in [7, 11) is 0. The molecule has 3 rings (SSSR count). The van der Waals surface area contributed by atoms with Crippen LogP contribution in [0.3, 0.4) is 0 Å².